The summed E-state index contributed by atoms with van der Waals surface area (Å²) < 4.78 is 0. The number of pyridine rings is 1. The SMILES string of the molecule is CCCCCNC(=O)c1cncc(N2CCN(c3ncccn3)CC2)c1. The molecule has 0 bridgehead atoms. The Labute approximate surface area is 154 Å². The van der Waals surface area contributed by atoms with Crippen LogP contribution in [0.25, 0.3) is 0 Å². The number of amides is 1. The largest absolute Gasteiger partial charge is 0.367 e. The van der Waals surface area contributed by atoms with E-state index in [4.69, 9.17) is 0 Å². The van der Waals surface area contributed by atoms with Crippen LogP contribution in [0.2, 0.25) is 0 Å². The Morgan fingerprint density at radius 1 is 1.08 bits per heavy atom. The molecule has 0 aromatic carbocycles. The van der Waals surface area contributed by atoms with Crippen molar-refractivity contribution in [2.45, 2.75) is 26.2 Å². The quantitative estimate of drug-likeness (QED) is 0.768. The summed E-state index contributed by atoms with van der Waals surface area (Å²) in [7, 11) is 0. The number of nitrogens with one attached hydrogen (secondary N) is 1. The van der Waals surface area contributed by atoms with Gasteiger partial charge in [-0.1, -0.05) is 19.8 Å². The first-order chi connectivity index (χ1) is 12.8. The number of carbonyl (C=O) groups excluding carboxylic acids is 1. The van der Waals surface area contributed by atoms with Crippen molar-refractivity contribution in [3.63, 3.8) is 0 Å². The van der Waals surface area contributed by atoms with Gasteiger partial charge in [-0.25, -0.2) is 9.97 Å². The normalized spacial score (nSPS) is 14.3. The monoisotopic (exact) mass is 354 g/mol. The zero-order valence-corrected chi connectivity index (χ0v) is 15.3. The van der Waals surface area contributed by atoms with E-state index in [0.717, 1.165) is 57.1 Å². The van der Waals surface area contributed by atoms with E-state index < -0.39 is 0 Å². The summed E-state index contributed by atoms with van der Waals surface area (Å²) in [5, 5.41) is 2.97. The van der Waals surface area contributed by atoms with Gasteiger partial charge in [-0.3, -0.25) is 9.78 Å². The third-order valence-corrected chi connectivity index (χ3v) is 4.53. The third kappa shape index (κ3) is 4.68. The van der Waals surface area contributed by atoms with E-state index in [9.17, 15) is 4.79 Å². The Hall–Kier alpha value is -2.70. The van der Waals surface area contributed by atoms with Crippen molar-refractivity contribution in [1.82, 2.24) is 20.3 Å². The first-order valence-corrected chi connectivity index (χ1v) is 9.28. The lowest BCUT2D eigenvalue weighted by Gasteiger charge is -2.35. The molecule has 2 aromatic rings. The summed E-state index contributed by atoms with van der Waals surface area (Å²) in [6.07, 6.45) is 10.3. The molecule has 26 heavy (non-hydrogen) atoms. The molecule has 1 N–H and O–H groups in total. The van der Waals surface area contributed by atoms with Gasteiger partial charge in [-0.2, -0.15) is 0 Å². The molecule has 1 amide bonds. The van der Waals surface area contributed by atoms with E-state index in [1.54, 1.807) is 18.6 Å². The Kier molecular flexibility index (Phi) is 6.35. The highest BCUT2D eigenvalue weighted by Gasteiger charge is 2.20. The van der Waals surface area contributed by atoms with Crippen LogP contribution in [0.4, 0.5) is 11.6 Å². The minimum absolute atomic E-state index is 0.0493. The van der Waals surface area contributed by atoms with Gasteiger partial charge < -0.3 is 15.1 Å². The average molecular weight is 354 g/mol. The standard InChI is InChI=1S/C19H26N6O/c1-2-3-4-6-21-18(26)16-13-17(15-20-14-16)24-9-11-25(12-10-24)19-22-7-5-8-23-19/h5,7-8,13-15H,2-4,6,9-12H2,1H3,(H,21,26). The molecule has 0 atom stereocenters. The van der Waals surface area contributed by atoms with E-state index in [2.05, 4.69) is 37.0 Å². The zero-order chi connectivity index (χ0) is 18.2. The predicted molar refractivity (Wildman–Crippen MR) is 103 cm³/mol. The Morgan fingerprint density at radius 3 is 2.54 bits per heavy atom. The summed E-state index contributed by atoms with van der Waals surface area (Å²) in [5.74, 6) is 0.720. The van der Waals surface area contributed by atoms with Crippen molar-refractivity contribution >= 4 is 17.5 Å². The van der Waals surface area contributed by atoms with Gasteiger partial charge >= 0.3 is 0 Å². The van der Waals surface area contributed by atoms with E-state index in [0.29, 0.717) is 12.1 Å². The topological polar surface area (TPSA) is 74.2 Å². The molecule has 7 heteroatoms. The van der Waals surface area contributed by atoms with Crippen molar-refractivity contribution in [3.8, 4) is 0 Å². The molecule has 0 aliphatic carbocycles. The van der Waals surface area contributed by atoms with Crippen molar-refractivity contribution in [1.29, 1.82) is 0 Å². The zero-order valence-electron chi connectivity index (χ0n) is 15.3. The highest BCUT2D eigenvalue weighted by Crippen LogP contribution is 2.18. The van der Waals surface area contributed by atoms with Crippen LogP contribution in [0.15, 0.2) is 36.9 Å². The summed E-state index contributed by atoms with van der Waals surface area (Å²) in [6.45, 7) is 6.25. The first-order valence-electron chi connectivity index (χ1n) is 9.28. The maximum atomic E-state index is 12.3. The van der Waals surface area contributed by atoms with Crippen LogP contribution in [0.5, 0.6) is 0 Å². The lowest BCUT2D eigenvalue weighted by Crippen LogP contribution is -2.47. The molecule has 0 spiro atoms. The number of piperazine rings is 1. The Bertz CT molecular complexity index is 700. The lowest BCUT2D eigenvalue weighted by molar-refractivity contribution is 0.0952. The van der Waals surface area contributed by atoms with E-state index in [1.807, 2.05) is 18.3 Å². The number of hydrogen-bond acceptors (Lipinski definition) is 6. The molecule has 1 aliphatic rings. The number of carbonyl (C=O) groups is 1. The molecule has 1 aliphatic heterocycles. The molecular formula is C19H26N6O. The predicted octanol–water partition coefficient (Wildman–Crippen LogP) is 2.12. The van der Waals surface area contributed by atoms with Gasteiger partial charge in [0.1, 0.15) is 0 Å². The van der Waals surface area contributed by atoms with Crippen LogP contribution in [0, 0.1) is 0 Å². The molecule has 7 nitrogen and oxygen atoms in total. The fraction of sp³-hybridized carbons (Fsp3) is 0.474. The Balaban J connectivity index is 1.56. The molecular weight excluding hydrogens is 328 g/mol. The maximum Gasteiger partial charge on any atom is 0.252 e. The smallest absolute Gasteiger partial charge is 0.252 e. The highest BCUT2D eigenvalue weighted by molar-refractivity contribution is 5.94. The molecule has 1 saturated heterocycles. The fourth-order valence-electron chi connectivity index (χ4n) is 3.02. The summed E-state index contributed by atoms with van der Waals surface area (Å²) in [4.78, 5) is 29.6. The second kappa shape index (κ2) is 9.12. The van der Waals surface area contributed by atoms with Crippen molar-refractivity contribution in [3.05, 3.63) is 42.5 Å². The number of unbranched alkanes of at least 4 members (excludes halogenated alkanes) is 2. The van der Waals surface area contributed by atoms with Crippen molar-refractivity contribution in [2.24, 2.45) is 0 Å². The van der Waals surface area contributed by atoms with Gasteiger partial charge in [0.15, 0.2) is 0 Å². The van der Waals surface area contributed by atoms with E-state index >= 15 is 0 Å². The van der Waals surface area contributed by atoms with E-state index in [1.165, 1.54) is 0 Å². The minimum Gasteiger partial charge on any atom is -0.367 e. The van der Waals surface area contributed by atoms with Crippen LogP contribution in [0.1, 0.15) is 36.5 Å². The molecule has 1 fully saturated rings. The van der Waals surface area contributed by atoms with Gasteiger partial charge in [0, 0.05) is 51.3 Å². The summed E-state index contributed by atoms with van der Waals surface area (Å²) in [5.41, 5.74) is 1.60. The first kappa shape index (κ1) is 18.1. The van der Waals surface area contributed by atoms with E-state index in [-0.39, 0.29) is 5.91 Å². The van der Waals surface area contributed by atoms with Gasteiger partial charge in [-0.15, -0.1) is 0 Å². The minimum atomic E-state index is -0.0493. The van der Waals surface area contributed by atoms with Crippen molar-refractivity contribution in [2.75, 3.05) is 42.5 Å². The third-order valence-electron chi connectivity index (χ3n) is 4.53. The fourth-order valence-corrected chi connectivity index (χ4v) is 3.02. The molecule has 2 aromatic heterocycles. The molecule has 3 rings (SSSR count). The van der Waals surface area contributed by atoms with Crippen LogP contribution < -0.4 is 15.1 Å². The lowest BCUT2D eigenvalue weighted by atomic mass is 10.2. The molecule has 0 saturated carbocycles. The second-order valence-electron chi connectivity index (χ2n) is 6.42. The number of rotatable bonds is 7. The van der Waals surface area contributed by atoms with Crippen LogP contribution in [0.3, 0.4) is 0 Å². The van der Waals surface area contributed by atoms with Crippen LogP contribution in [-0.2, 0) is 0 Å². The molecule has 3 heterocycles. The maximum absolute atomic E-state index is 12.3. The van der Waals surface area contributed by atoms with Gasteiger partial charge in [0.05, 0.1) is 17.4 Å². The highest BCUT2D eigenvalue weighted by atomic mass is 16.1. The van der Waals surface area contributed by atoms with Crippen LogP contribution in [-0.4, -0.2) is 53.6 Å². The number of hydrogen-bond donors (Lipinski definition) is 1. The van der Waals surface area contributed by atoms with Crippen molar-refractivity contribution < 1.29 is 4.79 Å². The van der Waals surface area contributed by atoms with Gasteiger partial charge in [0.25, 0.3) is 5.91 Å². The van der Waals surface area contributed by atoms with Crippen LogP contribution >= 0.6 is 0 Å². The number of nitrogens with zero attached hydrogens (tertiary/aromatic N) is 5. The number of aromatic nitrogens is 3. The second-order valence-corrected chi connectivity index (χ2v) is 6.42. The summed E-state index contributed by atoms with van der Waals surface area (Å²) in [6, 6.07) is 3.75. The Morgan fingerprint density at radius 2 is 1.81 bits per heavy atom. The molecule has 0 radical (unpaired) electrons. The average Bonchev–Trinajstić information content (AvgIpc) is 2.72. The molecule has 138 valence electrons. The van der Waals surface area contributed by atoms with Gasteiger partial charge in [0.2, 0.25) is 5.95 Å². The van der Waals surface area contributed by atoms with Gasteiger partial charge in [-0.05, 0) is 18.6 Å². The summed E-state index contributed by atoms with van der Waals surface area (Å²) >= 11 is 0. The number of anilines is 2. The molecule has 0 unspecified atom stereocenters.